The molecule has 0 saturated carbocycles. The first-order valence-electron chi connectivity index (χ1n) is 9.31. The van der Waals surface area contributed by atoms with Crippen molar-refractivity contribution < 1.29 is 22.9 Å². The number of nitrogens with two attached hydrogens (primary N) is 1. The minimum atomic E-state index is -3.94. The number of sulfonamides is 1. The van der Waals surface area contributed by atoms with Gasteiger partial charge in [0.2, 0.25) is 21.1 Å². The number of carboxylic acids is 1. The molecule has 4 rings (SSSR count). The summed E-state index contributed by atoms with van der Waals surface area (Å²) in [4.78, 5) is 12.3. The number of fused-ring (bicyclic) bond motifs is 2. The smallest absolute Gasteiger partial charge is 0.238 e. The average Bonchev–Trinajstić information content (AvgIpc) is 2.67. The number of hydrogen-bond donors (Lipinski definition) is 1. The maximum absolute atomic E-state index is 12.3. The summed E-state index contributed by atoms with van der Waals surface area (Å²) < 4.78 is 26.1. The number of carboxylic acid groups (broad SMARTS) is 1. The maximum Gasteiger partial charge on any atom is 0.238 e. The van der Waals surface area contributed by atoms with Gasteiger partial charge in [-0.15, -0.1) is 0 Å². The van der Waals surface area contributed by atoms with Crippen molar-refractivity contribution in [2.75, 3.05) is 0 Å². The summed E-state index contributed by atoms with van der Waals surface area (Å²) in [6, 6.07) is 15.8. The fourth-order valence-electron chi connectivity index (χ4n) is 4.30. The van der Waals surface area contributed by atoms with E-state index in [1.54, 1.807) is 31.2 Å². The standard InChI is InChI=1S/C23H20N2O4S/c1-13-11-12-19(30(24,28)29)14(2)20(13)16-8-6-10-18-21(16)22(23(26)27)15-7-4-5-9-17(15)25(18)3/h4-12H,1-3H3,(H2-,24,26,27,28,29). The number of aromatic nitrogens is 1. The second-order valence-electron chi connectivity index (χ2n) is 7.36. The number of benzene rings is 3. The molecule has 6 nitrogen and oxygen atoms in total. The Bertz CT molecular complexity index is 1470. The van der Waals surface area contributed by atoms with E-state index in [9.17, 15) is 18.3 Å². The zero-order valence-electron chi connectivity index (χ0n) is 16.8. The highest BCUT2D eigenvalue weighted by Crippen LogP contribution is 2.38. The Kier molecular flexibility index (Phi) is 4.60. The number of aromatic carboxylic acids is 1. The lowest BCUT2D eigenvalue weighted by molar-refractivity contribution is -0.617. The second kappa shape index (κ2) is 6.90. The number of aryl methyl sites for hydroxylation is 2. The minimum Gasteiger partial charge on any atom is -0.545 e. The quantitative estimate of drug-likeness (QED) is 0.405. The molecule has 0 spiro atoms. The molecule has 152 valence electrons. The van der Waals surface area contributed by atoms with Gasteiger partial charge in [-0.1, -0.05) is 30.3 Å². The molecule has 0 amide bonds. The molecule has 0 unspecified atom stereocenters. The van der Waals surface area contributed by atoms with Crippen LogP contribution in [-0.4, -0.2) is 14.4 Å². The molecule has 0 aliphatic rings. The van der Waals surface area contributed by atoms with E-state index in [0.717, 1.165) is 11.1 Å². The molecule has 0 saturated heterocycles. The molecule has 0 atom stereocenters. The highest BCUT2D eigenvalue weighted by molar-refractivity contribution is 7.89. The summed E-state index contributed by atoms with van der Waals surface area (Å²) in [7, 11) is -2.07. The van der Waals surface area contributed by atoms with Crippen LogP contribution in [0.1, 0.15) is 21.5 Å². The summed E-state index contributed by atoms with van der Waals surface area (Å²) in [6.45, 7) is 3.54. The van der Waals surface area contributed by atoms with Crippen LogP contribution in [0.2, 0.25) is 0 Å². The highest BCUT2D eigenvalue weighted by atomic mass is 32.2. The Labute approximate surface area is 174 Å². The Morgan fingerprint density at radius 2 is 1.63 bits per heavy atom. The van der Waals surface area contributed by atoms with Crippen molar-refractivity contribution in [1.29, 1.82) is 0 Å². The van der Waals surface area contributed by atoms with Crippen molar-refractivity contribution in [3.8, 4) is 11.1 Å². The molecule has 0 fully saturated rings. The predicted octanol–water partition coefficient (Wildman–Crippen LogP) is 2.11. The summed E-state index contributed by atoms with van der Waals surface area (Å²) in [6.07, 6.45) is 0. The number of carbonyl (C=O) groups is 1. The van der Waals surface area contributed by atoms with Gasteiger partial charge in [0.15, 0.2) is 0 Å². The van der Waals surface area contributed by atoms with Crippen molar-refractivity contribution in [2.45, 2.75) is 18.7 Å². The van der Waals surface area contributed by atoms with Crippen molar-refractivity contribution in [3.05, 3.63) is 71.3 Å². The predicted molar refractivity (Wildman–Crippen MR) is 113 cm³/mol. The fraction of sp³-hybridized carbons (Fsp3) is 0.130. The van der Waals surface area contributed by atoms with E-state index in [4.69, 9.17) is 5.14 Å². The molecular formula is C23H20N2O4S. The van der Waals surface area contributed by atoms with Crippen LogP contribution in [0.5, 0.6) is 0 Å². The molecule has 0 bridgehead atoms. The number of rotatable bonds is 3. The van der Waals surface area contributed by atoms with Gasteiger partial charge in [0.25, 0.3) is 0 Å². The molecule has 1 aromatic heterocycles. The largest absolute Gasteiger partial charge is 0.545 e. The third-order valence-corrected chi connectivity index (χ3v) is 6.65. The lowest BCUT2D eigenvalue weighted by Gasteiger charge is -2.18. The van der Waals surface area contributed by atoms with Crippen LogP contribution in [0, 0.1) is 13.8 Å². The molecule has 4 aromatic rings. The number of primary sulfonamides is 1. The Hall–Kier alpha value is -3.29. The number of para-hydroxylation sites is 1. The lowest BCUT2D eigenvalue weighted by Crippen LogP contribution is -2.33. The third-order valence-electron chi connectivity index (χ3n) is 5.59. The Morgan fingerprint density at radius 1 is 0.967 bits per heavy atom. The van der Waals surface area contributed by atoms with Crippen molar-refractivity contribution in [1.82, 2.24) is 0 Å². The van der Waals surface area contributed by atoms with Crippen LogP contribution in [0.15, 0.2) is 59.5 Å². The zero-order valence-corrected chi connectivity index (χ0v) is 17.6. The van der Waals surface area contributed by atoms with Gasteiger partial charge in [0.05, 0.1) is 21.6 Å². The van der Waals surface area contributed by atoms with E-state index >= 15 is 0 Å². The average molecular weight is 420 g/mol. The third kappa shape index (κ3) is 2.94. The Morgan fingerprint density at radius 3 is 2.30 bits per heavy atom. The SMILES string of the molecule is Cc1ccc(S(N)(=O)=O)c(C)c1-c1cccc2c1c(C(=O)[O-])c1ccccc1[n+]2C. The van der Waals surface area contributed by atoms with E-state index in [2.05, 4.69) is 0 Å². The number of pyridine rings is 1. The second-order valence-corrected chi connectivity index (χ2v) is 8.89. The zero-order chi connectivity index (χ0) is 21.8. The molecule has 0 aliphatic heterocycles. The molecule has 1 heterocycles. The minimum absolute atomic E-state index is 0.0141. The number of nitrogens with zero attached hydrogens (tertiary/aromatic N) is 1. The van der Waals surface area contributed by atoms with Gasteiger partial charge in [0, 0.05) is 17.7 Å². The molecule has 0 aliphatic carbocycles. The first-order valence-corrected chi connectivity index (χ1v) is 10.9. The topological polar surface area (TPSA) is 104 Å². The first-order chi connectivity index (χ1) is 14.1. The van der Waals surface area contributed by atoms with E-state index in [0.29, 0.717) is 33.0 Å². The van der Waals surface area contributed by atoms with Gasteiger partial charge in [-0.2, -0.15) is 4.57 Å². The van der Waals surface area contributed by atoms with Crippen LogP contribution in [0.25, 0.3) is 32.9 Å². The number of carbonyl (C=O) groups excluding carboxylic acids is 1. The molecule has 7 heteroatoms. The lowest BCUT2D eigenvalue weighted by atomic mass is 9.89. The van der Waals surface area contributed by atoms with Gasteiger partial charge in [0.1, 0.15) is 7.05 Å². The number of hydrogen-bond acceptors (Lipinski definition) is 4. The van der Waals surface area contributed by atoms with Gasteiger partial charge in [-0.3, -0.25) is 0 Å². The van der Waals surface area contributed by atoms with E-state index in [-0.39, 0.29) is 10.5 Å². The molecular weight excluding hydrogens is 400 g/mol. The van der Waals surface area contributed by atoms with Crippen LogP contribution in [0.3, 0.4) is 0 Å². The van der Waals surface area contributed by atoms with Gasteiger partial charge in [-0.05, 0) is 48.2 Å². The Balaban J connectivity index is 2.28. The molecule has 0 radical (unpaired) electrons. The monoisotopic (exact) mass is 420 g/mol. The molecule has 30 heavy (non-hydrogen) atoms. The maximum atomic E-state index is 12.3. The molecule has 3 aromatic carbocycles. The molecule has 2 N–H and O–H groups in total. The normalized spacial score (nSPS) is 11.9. The van der Waals surface area contributed by atoms with Crippen LogP contribution >= 0.6 is 0 Å². The van der Waals surface area contributed by atoms with Gasteiger partial charge >= 0.3 is 0 Å². The van der Waals surface area contributed by atoms with Crippen LogP contribution in [0.4, 0.5) is 0 Å². The first kappa shape index (κ1) is 20.0. The van der Waals surface area contributed by atoms with Crippen LogP contribution < -0.4 is 14.8 Å². The van der Waals surface area contributed by atoms with Gasteiger partial charge < -0.3 is 9.90 Å². The van der Waals surface area contributed by atoms with E-state index in [1.807, 2.05) is 42.8 Å². The fourth-order valence-corrected chi connectivity index (χ4v) is 5.08. The highest BCUT2D eigenvalue weighted by Gasteiger charge is 2.24. The van der Waals surface area contributed by atoms with Crippen molar-refractivity contribution in [2.24, 2.45) is 12.2 Å². The van der Waals surface area contributed by atoms with E-state index in [1.165, 1.54) is 6.07 Å². The van der Waals surface area contributed by atoms with Crippen molar-refractivity contribution in [3.63, 3.8) is 0 Å². The van der Waals surface area contributed by atoms with Crippen LogP contribution in [-0.2, 0) is 17.1 Å². The van der Waals surface area contributed by atoms with Gasteiger partial charge in [-0.25, -0.2) is 13.6 Å². The summed E-state index contributed by atoms with van der Waals surface area (Å²) >= 11 is 0. The summed E-state index contributed by atoms with van der Waals surface area (Å²) in [5.74, 6) is -1.29. The summed E-state index contributed by atoms with van der Waals surface area (Å²) in [5, 5.41) is 18.7. The van der Waals surface area contributed by atoms with Crippen molar-refractivity contribution >= 4 is 37.8 Å². The summed E-state index contributed by atoms with van der Waals surface area (Å²) in [5.41, 5.74) is 4.09. The van der Waals surface area contributed by atoms with E-state index < -0.39 is 16.0 Å².